The van der Waals surface area contributed by atoms with Crippen LogP contribution >= 0.6 is 0 Å². The minimum atomic E-state index is -0.184. The molecule has 5 nitrogen and oxygen atoms in total. The molecule has 2 saturated heterocycles. The van der Waals surface area contributed by atoms with Crippen molar-refractivity contribution in [1.29, 1.82) is 5.26 Å². The third-order valence-corrected chi connectivity index (χ3v) is 6.47. The van der Waals surface area contributed by atoms with Crippen molar-refractivity contribution in [2.24, 2.45) is 0 Å². The fourth-order valence-corrected chi connectivity index (χ4v) is 4.52. The fourth-order valence-electron chi connectivity index (χ4n) is 4.52. The SMILES string of the molecule is CN1CCCN(c2ccc(C#N)c(CN3CCN(Cc4ccc(F)cc4)CC3)c2)CC1. The van der Waals surface area contributed by atoms with E-state index in [0.29, 0.717) is 0 Å². The van der Waals surface area contributed by atoms with Crippen LogP contribution in [0.15, 0.2) is 42.5 Å². The molecule has 2 heterocycles. The van der Waals surface area contributed by atoms with Crippen molar-refractivity contribution in [2.45, 2.75) is 19.5 Å². The zero-order valence-electron chi connectivity index (χ0n) is 18.4. The lowest BCUT2D eigenvalue weighted by Gasteiger charge is -2.35. The molecule has 0 saturated carbocycles. The number of halogens is 1. The summed E-state index contributed by atoms with van der Waals surface area (Å²) in [6.45, 7) is 9.91. The van der Waals surface area contributed by atoms with Gasteiger partial charge in [0.2, 0.25) is 0 Å². The molecule has 0 amide bonds. The Morgan fingerprint density at radius 2 is 1.55 bits per heavy atom. The van der Waals surface area contributed by atoms with Gasteiger partial charge in [-0.05, 0) is 61.5 Å². The van der Waals surface area contributed by atoms with Crippen LogP contribution in [0.2, 0.25) is 0 Å². The number of hydrogen-bond acceptors (Lipinski definition) is 5. The Hall–Kier alpha value is -2.46. The maximum atomic E-state index is 13.1. The van der Waals surface area contributed by atoms with E-state index < -0.39 is 0 Å². The van der Waals surface area contributed by atoms with E-state index in [4.69, 9.17) is 0 Å². The maximum absolute atomic E-state index is 13.1. The highest BCUT2D eigenvalue weighted by atomic mass is 19.1. The van der Waals surface area contributed by atoms with Crippen LogP contribution in [0.25, 0.3) is 0 Å². The lowest BCUT2D eigenvalue weighted by molar-refractivity contribution is 0.122. The van der Waals surface area contributed by atoms with Gasteiger partial charge in [-0.1, -0.05) is 12.1 Å². The lowest BCUT2D eigenvalue weighted by atomic mass is 10.1. The van der Waals surface area contributed by atoms with Gasteiger partial charge in [0.1, 0.15) is 5.82 Å². The van der Waals surface area contributed by atoms with Crippen LogP contribution in [0.4, 0.5) is 10.1 Å². The van der Waals surface area contributed by atoms with Crippen LogP contribution in [0.3, 0.4) is 0 Å². The molecule has 0 bridgehead atoms. The van der Waals surface area contributed by atoms with Crippen molar-refractivity contribution in [1.82, 2.24) is 14.7 Å². The monoisotopic (exact) mass is 421 g/mol. The molecule has 31 heavy (non-hydrogen) atoms. The highest BCUT2D eigenvalue weighted by Crippen LogP contribution is 2.23. The molecular weight excluding hydrogens is 389 g/mol. The van der Waals surface area contributed by atoms with E-state index in [1.165, 1.54) is 24.2 Å². The van der Waals surface area contributed by atoms with E-state index >= 15 is 0 Å². The molecule has 2 aliphatic rings. The van der Waals surface area contributed by atoms with Crippen LogP contribution in [0.5, 0.6) is 0 Å². The minimum absolute atomic E-state index is 0.184. The zero-order valence-corrected chi connectivity index (χ0v) is 18.4. The highest BCUT2D eigenvalue weighted by molar-refractivity contribution is 5.54. The number of hydrogen-bond donors (Lipinski definition) is 0. The van der Waals surface area contributed by atoms with E-state index in [-0.39, 0.29) is 5.82 Å². The molecule has 0 unspecified atom stereocenters. The van der Waals surface area contributed by atoms with Gasteiger partial charge >= 0.3 is 0 Å². The average molecular weight is 422 g/mol. The molecule has 0 aliphatic carbocycles. The molecule has 2 fully saturated rings. The quantitative estimate of drug-likeness (QED) is 0.741. The Kier molecular flexibility index (Phi) is 7.18. The summed E-state index contributed by atoms with van der Waals surface area (Å²) in [4.78, 5) is 9.70. The number of benzene rings is 2. The second-order valence-electron chi connectivity index (χ2n) is 8.78. The summed E-state index contributed by atoms with van der Waals surface area (Å²) in [6.07, 6.45) is 1.17. The van der Waals surface area contributed by atoms with Gasteiger partial charge in [-0.25, -0.2) is 4.39 Å². The normalized spacial score (nSPS) is 19.2. The predicted octanol–water partition coefficient (Wildman–Crippen LogP) is 3.16. The predicted molar refractivity (Wildman–Crippen MR) is 122 cm³/mol. The zero-order chi connectivity index (χ0) is 21.6. The van der Waals surface area contributed by atoms with Crippen LogP contribution in [-0.4, -0.2) is 74.1 Å². The smallest absolute Gasteiger partial charge is 0.123 e. The average Bonchev–Trinajstić information content (AvgIpc) is 3.01. The lowest BCUT2D eigenvalue weighted by Crippen LogP contribution is -2.45. The molecule has 0 spiro atoms. The van der Waals surface area contributed by atoms with Gasteiger partial charge in [-0.2, -0.15) is 5.26 Å². The Labute approximate surface area is 185 Å². The first-order valence-corrected chi connectivity index (χ1v) is 11.3. The molecule has 4 rings (SSSR count). The van der Waals surface area contributed by atoms with Gasteiger partial charge in [-0.15, -0.1) is 0 Å². The van der Waals surface area contributed by atoms with Crippen LogP contribution < -0.4 is 4.90 Å². The summed E-state index contributed by atoms with van der Waals surface area (Å²) in [7, 11) is 2.18. The van der Waals surface area contributed by atoms with Crippen molar-refractivity contribution in [3.05, 3.63) is 65.0 Å². The standard InChI is InChI=1S/C25H32FN5/c1-28-9-2-10-31(16-11-28)25-8-5-22(18-27)23(17-25)20-30-14-12-29(13-15-30)19-21-3-6-24(26)7-4-21/h3-8,17H,2,9-16,19-20H2,1H3. The number of likely N-dealkylation sites (N-methyl/N-ethyl adjacent to an activating group) is 1. The molecular formula is C25H32FN5. The largest absolute Gasteiger partial charge is 0.370 e. The van der Waals surface area contributed by atoms with E-state index in [1.54, 1.807) is 0 Å². The summed E-state index contributed by atoms with van der Waals surface area (Å²) in [5.41, 5.74) is 4.30. The van der Waals surface area contributed by atoms with Gasteiger partial charge in [0, 0.05) is 64.6 Å². The molecule has 2 aliphatic heterocycles. The highest BCUT2D eigenvalue weighted by Gasteiger charge is 2.19. The van der Waals surface area contributed by atoms with Crippen molar-refractivity contribution >= 4 is 5.69 Å². The molecule has 0 aromatic heterocycles. The topological polar surface area (TPSA) is 36.8 Å². The van der Waals surface area contributed by atoms with Crippen LogP contribution in [0, 0.1) is 17.1 Å². The third-order valence-electron chi connectivity index (χ3n) is 6.47. The van der Waals surface area contributed by atoms with E-state index in [0.717, 1.165) is 82.1 Å². The molecule has 2 aromatic rings. The number of rotatable bonds is 5. The van der Waals surface area contributed by atoms with Gasteiger partial charge in [-0.3, -0.25) is 9.80 Å². The van der Waals surface area contributed by atoms with Crippen LogP contribution in [0.1, 0.15) is 23.1 Å². The Balaban J connectivity index is 1.36. The van der Waals surface area contributed by atoms with E-state index in [2.05, 4.69) is 44.8 Å². The molecule has 2 aromatic carbocycles. The van der Waals surface area contributed by atoms with Crippen molar-refractivity contribution in [2.75, 3.05) is 64.3 Å². The molecule has 6 heteroatoms. The Morgan fingerprint density at radius 3 is 2.26 bits per heavy atom. The molecule has 0 N–H and O–H groups in total. The number of anilines is 1. The first-order chi connectivity index (χ1) is 15.1. The summed E-state index contributed by atoms with van der Waals surface area (Å²) in [5, 5.41) is 9.63. The Morgan fingerprint density at radius 1 is 0.839 bits per heavy atom. The van der Waals surface area contributed by atoms with E-state index in [9.17, 15) is 9.65 Å². The van der Waals surface area contributed by atoms with Gasteiger partial charge in [0.25, 0.3) is 0 Å². The van der Waals surface area contributed by atoms with E-state index in [1.807, 2.05) is 18.2 Å². The van der Waals surface area contributed by atoms with Crippen LogP contribution in [-0.2, 0) is 13.1 Å². The first-order valence-electron chi connectivity index (χ1n) is 11.3. The molecule has 164 valence electrons. The van der Waals surface area contributed by atoms with Crippen molar-refractivity contribution in [3.8, 4) is 6.07 Å². The summed E-state index contributed by atoms with van der Waals surface area (Å²) in [6, 6.07) is 15.5. The fraction of sp³-hybridized carbons (Fsp3) is 0.480. The van der Waals surface area contributed by atoms with Gasteiger partial charge in [0.05, 0.1) is 11.6 Å². The number of nitriles is 1. The number of nitrogens with zero attached hydrogens (tertiary/aromatic N) is 5. The third kappa shape index (κ3) is 5.82. The number of piperazine rings is 1. The Bertz CT molecular complexity index is 899. The van der Waals surface area contributed by atoms with Gasteiger partial charge in [0.15, 0.2) is 0 Å². The summed E-state index contributed by atoms with van der Waals surface area (Å²) < 4.78 is 13.1. The minimum Gasteiger partial charge on any atom is -0.370 e. The second-order valence-corrected chi connectivity index (χ2v) is 8.78. The molecule has 0 radical (unpaired) electrons. The van der Waals surface area contributed by atoms with Crippen molar-refractivity contribution < 1.29 is 4.39 Å². The summed E-state index contributed by atoms with van der Waals surface area (Å²) >= 11 is 0. The van der Waals surface area contributed by atoms with Crippen molar-refractivity contribution in [3.63, 3.8) is 0 Å². The van der Waals surface area contributed by atoms with Gasteiger partial charge < -0.3 is 9.80 Å². The second kappa shape index (κ2) is 10.2. The first kappa shape index (κ1) is 21.8. The molecule has 0 atom stereocenters. The maximum Gasteiger partial charge on any atom is 0.123 e. The summed E-state index contributed by atoms with van der Waals surface area (Å²) in [5.74, 6) is -0.184.